The quantitative estimate of drug-likeness (QED) is 0.607. The molecule has 0 bridgehead atoms. The molecule has 3 rings (SSSR count). The number of carbonyl (C=O) groups excluding carboxylic acids is 1. The molecule has 134 valence electrons. The van der Waals surface area contributed by atoms with Crippen molar-refractivity contribution in [3.05, 3.63) is 60.3 Å². The number of anilines is 1. The Morgan fingerprint density at radius 2 is 1.77 bits per heavy atom. The van der Waals surface area contributed by atoms with Crippen LogP contribution in [0.15, 0.2) is 54.7 Å². The van der Waals surface area contributed by atoms with Gasteiger partial charge in [-0.05, 0) is 63.1 Å². The van der Waals surface area contributed by atoms with Crippen molar-refractivity contribution < 1.29 is 9.53 Å². The Morgan fingerprint density at radius 3 is 2.50 bits per heavy atom. The van der Waals surface area contributed by atoms with Crippen LogP contribution in [0.1, 0.15) is 26.3 Å². The van der Waals surface area contributed by atoms with E-state index in [0.717, 1.165) is 33.3 Å². The van der Waals surface area contributed by atoms with E-state index in [2.05, 4.69) is 23.2 Å². The topological polar surface area (TPSA) is 42.4 Å². The van der Waals surface area contributed by atoms with Crippen molar-refractivity contribution in [3.63, 3.8) is 0 Å². The molecule has 3 aromatic rings. The van der Waals surface area contributed by atoms with E-state index in [-0.39, 0.29) is 6.09 Å². The Hall–Kier alpha value is -2.88. The second-order valence-electron chi connectivity index (χ2n) is 7.51. The third kappa shape index (κ3) is 4.02. The highest BCUT2D eigenvalue weighted by atomic mass is 16.6. The minimum Gasteiger partial charge on any atom is -0.443 e. The Morgan fingerprint density at radius 1 is 1.04 bits per heavy atom. The molecule has 1 amide bonds. The van der Waals surface area contributed by atoms with Gasteiger partial charge in [0, 0.05) is 29.9 Å². The molecule has 0 aliphatic heterocycles. The van der Waals surface area contributed by atoms with E-state index in [1.807, 2.05) is 64.2 Å². The van der Waals surface area contributed by atoms with Crippen molar-refractivity contribution in [1.29, 1.82) is 0 Å². The first kappa shape index (κ1) is 17.9. The Labute approximate surface area is 154 Å². The number of ether oxygens (including phenoxy) is 1. The summed E-state index contributed by atoms with van der Waals surface area (Å²) in [6.45, 7) is 7.61. The number of para-hydroxylation sites is 1. The average molecular weight is 348 g/mol. The highest BCUT2D eigenvalue weighted by Gasteiger charge is 2.21. The van der Waals surface area contributed by atoms with Gasteiger partial charge in [0.05, 0.1) is 5.52 Å². The molecule has 4 heteroatoms. The summed E-state index contributed by atoms with van der Waals surface area (Å²) in [6.07, 6.45) is 1.50. The second kappa shape index (κ2) is 6.79. The van der Waals surface area contributed by atoms with E-state index in [9.17, 15) is 4.79 Å². The molecule has 0 saturated heterocycles. The molecule has 0 N–H and O–H groups in total. The highest BCUT2D eigenvalue weighted by Crippen LogP contribution is 2.28. The molecule has 1 aromatic heterocycles. The number of aromatic nitrogens is 1. The number of hydrogen-bond donors (Lipinski definition) is 0. The standard InChI is InChI=1S/C22H24N2O2/c1-15-10-17(18-12-16-8-6-7-9-20(16)23-14-18)13-19(11-15)24(5)21(25)26-22(2,3)4/h6-14H,1-5H3. The molecule has 0 aliphatic rings. The van der Waals surface area contributed by atoms with E-state index < -0.39 is 5.60 Å². The summed E-state index contributed by atoms with van der Waals surface area (Å²) in [4.78, 5) is 18.5. The highest BCUT2D eigenvalue weighted by molar-refractivity contribution is 5.89. The lowest BCUT2D eigenvalue weighted by molar-refractivity contribution is 0.0589. The largest absolute Gasteiger partial charge is 0.443 e. The van der Waals surface area contributed by atoms with Gasteiger partial charge < -0.3 is 4.74 Å². The average Bonchev–Trinajstić information content (AvgIpc) is 2.58. The van der Waals surface area contributed by atoms with E-state index in [0.29, 0.717) is 0 Å². The molecule has 0 fully saturated rings. The summed E-state index contributed by atoms with van der Waals surface area (Å²) < 4.78 is 5.47. The van der Waals surface area contributed by atoms with Crippen LogP contribution >= 0.6 is 0 Å². The van der Waals surface area contributed by atoms with Gasteiger partial charge in [-0.15, -0.1) is 0 Å². The zero-order chi connectivity index (χ0) is 18.9. The number of aryl methyl sites for hydroxylation is 1. The predicted molar refractivity (Wildman–Crippen MR) is 107 cm³/mol. The fourth-order valence-corrected chi connectivity index (χ4v) is 2.79. The molecule has 1 heterocycles. The van der Waals surface area contributed by atoms with Gasteiger partial charge in [-0.1, -0.05) is 24.3 Å². The summed E-state index contributed by atoms with van der Waals surface area (Å²) >= 11 is 0. The van der Waals surface area contributed by atoms with Gasteiger partial charge in [-0.25, -0.2) is 4.79 Å². The number of benzene rings is 2. The first-order valence-electron chi connectivity index (χ1n) is 8.66. The Balaban J connectivity index is 1.97. The van der Waals surface area contributed by atoms with Crippen molar-refractivity contribution in [2.75, 3.05) is 11.9 Å². The number of hydrogen-bond acceptors (Lipinski definition) is 3. The molecular formula is C22H24N2O2. The zero-order valence-electron chi connectivity index (χ0n) is 15.9. The lowest BCUT2D eigenvalue weighted by atomic mass is 10.0. The molecule has 0 radical (unpaired) electrons. The van der Waals surface area contributed by atoms with Crippen LogP contribution in [0.25, 0.3) is 22.0 Å². The monoisotopic (exact) mass is 348 g/mol. The fourth-order valence-electron chi connectivity index (χ4n) is 2.79. The minimum absolute atomic E-state index is 0.370. The normalized spacial score (nSPS) is 11.4. The van der Waals surface area contributed by atoms with E-state index >= 15 is 0 Å². The van der Waals surface area contributed by atoms with Crippen LogP contribution in [0, 0.1) is 6.92 Å². The molecule has 0 atom stereocenters. The van der Waals surface area contributed by atoms with Gasteiger partial charge >= 0.3 is 6.09 Å². The molecule has 26 heavy (non-hydrogen) atoms. The lowest BCUT2D eigenvalue weighted by Crippen LogP contribution is -2.34. The van der Waals surface area contributed by atoms with E-state index in [1.165, 1.54) is 4.90 Å². The lowest BCUT2D eigenvalue weighted by Gasteiger charge is -2.25. The smallest absolute Gasteiger partial charge is 0.414 e. The Kier molecular flexibility index (Phi) is 4.68. The molecular weight excluding hydrogens is 324 g/mol. The number of nitrogens with zero attached hydrogens (tertiary/aromatic N) is 2. The summed E-state index contributed by atoms with van der Waals surface area (Å²) in [6, 6.07) is 16.2. The number of rotatable bonds is 2. The van der Waals surface area contributed by atoms with Crippen LogP contribution in [0.5, 0.6) is 0 Å². The SMILES string of the molecule is Cc1cc(-c2cnc3ccccc3c2)cc(N(C)C(=O)OC(C)(C)C)c1. The maximum atomic E-state index is 12.4. The van der Waals surface area contributed by atoms with Gasteiger partial charge in [0.25, 0.3) is 0 Å². The van der Waals surface area contributed by atoms with Gasteiger partial charge in [-0.3, -0.25) is 9.88 Å². The summed E-state index contributed by atoms with van der Waals surface area (Å²) in [5, 5.41) is 1.09. The van der Waals surface area contributed by atoms with Gasteiger partial charge in [0.1, 0.15) is 5.60 Å². The molecule has 0 unspecified atom stereocenters. The minimum atomic E-state index is -0.528. The van der Waals surface area contributed by atoms with Crippen LogP contribution < -0.4 is 4.90 Å². The number of fused-ring (bicyclic) bond motifs is 1. The number of carbonyl (C=O) groups is 1. The first-order chi connectivity index (χ1) is 12.2. The first-order valence-corrected chi connectivity index (χ1v) is 8.66. The van der Waals surface area contributed by atoms with E-state index in [4.69, 9.17) is 4.74 Å². The molecule has 0 aliphatic carbocycles. The van der Waals surface area contributed by atoms with Crippen molar-refractivity contribution in [2.45, 2.75) is 33.3 Å². The van der Waals surface area contributed by atoms with Crippen LogP contribution in [0.4, 0.5) is 10.5 Å². The van der Waals surface area contributed by atoms with Crippen molar-refractivity contribution in [1.82, 2.24) is 4.98 Å². The molecule has 4 nitrogen and oxygen atoms in total. The maximum absolute atomic E-state index is 12.4. The number of amides is 1. The van der Waals surface area contributed by atoms with Crippen molar-refractivity contribution in [2.24, 2.45) is 0 Å². The van der Waals surface area contributed by atoms with Gasteiger partial charge in [0.2, 0.25) is 0 Å². The fraction of sp³-hybridized carbons (Fsp3) is 0.273. The summed E-state index contributed by atoms with van der Waals surface area (Å²) in [5.41, 5.74) is 4.35. The van der Waals surface area contributed by atoms with Crippen LogP contribution in [-0.2, 0) is 4.74 Å². The third-order valence-electron chi connectivity index (χ3n) is 4.04. The summed E-state index contributed by atoms with van der Waals surface area (Å²) in [7, 11) is 1.73. The van der Waals surface area contributed by atoms with Gasteiger partial charge in [-0.2, -0.15) is 0 Å². The predicted octanol–water partition coefficient (Wildman–Crippen LogP) is 5.58. The van der Waals surface area contributed by atoms with E-state index in [1.54, 1.807) is 7.05 Å². The molecule has 0 spiro atoms. The molecule has 0 saturated carbocycles. The van der Waals surface area contributed by atoms with Crippen molar-refractivity contribution >= 4 is 22.7 Å². The zero-order valence-corrected chi connectivity index (χ0v) is 15.9. The van der Waals surface area contributed by atoms with Crippen LogP contribution in [-0.4, -0.2) is 23.7 Å². The van der Waals surface area contributed by atoms with Crippen molar-refractivity contribution in [3.8, 4) is 11.1 Å². The summed E-state index contributed by atoms with van der Waals surface area (Å²) in [5.74, 6) is 0. The third-order valence-corrected chi connectivity index (χ3v) is 4.04. The second-order valence-corrected chi connectivity index (χ2v) is 7.51. The Bertz CT molecular complexity index is 958. The maximum Gasteiger partial charge on any atom is 0.414 e. The number of pyridine rings is 1. The van der Waals surface area contributed by atoms with Gasteiger partial charge in [0.15, 0.2) is 0 Å². The van der Waals surface area contributed by atoms with Crippen LogP contribution in [0.3, 0.4) is 0 Å². The molecule has 2 aromatic carbocycles. The van der Waals surface area contributed by atoms with Crippen LogP contribution in [0.2, 0.25) is 0 Å².